The van der Waals surface area contributed by atoms with E-state index in [0.717, 1.165) is 10.5 Å². The molecule has 0 radical (unpaired) electrons. The highest BCUT2D eigenvalue weighted by Crippen LogP contribution is 2.66. The Kier molecular flexibility index (Phi) is 9.13. The van der Waals surface area contributed by atoms with Crippen LogP contribution in [0.2, 0.25) is 15.1 Å². The summed E-state index contributed by atoms with van der Waals surface area (Å²) in [6, 6.07) is 16.3. The summed E-state index contributed by atoms with van der Waals surface area (Å²) in [5.41, 5.74) is 1.61. The lowest BCUT2D eigenvalue weighted by Gasteiger charge is -2.50. The molecule has 288 valence electrons. The number of carbonyl (C=O) groups excluding carboxylic acids is 4. The van der Waals surface area contributed by atoms with E-state index in [1.807, 2.05) is 0 Å². The lowest BCUT2D eigenvalue weighted by Crippen LogP contribution is -2.53. The minimum atomic E-state index is -4.77. The van der Waals surface area contributed by atoms with Gasteiger partial charge in [0.2, 0.25) is 11.8 Å². The second-order valence-corrected chi connectivity index (χ2v) is 15.5. The number of methoxy groups -OCH3 is 1. The molecule has 2 aliphatic heterocycles. The third-order valence-corrected chi connectivity index (χ3v) is 12.5. The van der Waals surface area contributed by atoms with E-state index in [1.54, 1.807) is 67.6 Å². The van der Waals surface area contributed by atoms with Gasteiger partial charge < -0.3 is 9.84 Å². The molecule has 6 atom stereocenters. The first-order chi connectivity index (χ1) is 26.6. The number of allylic oxidation sites excluding steroid dienone is 2. The van der Waals surface area contributed by atoms with E-state index in [4.69, 9.17) is 39.5 Å². The minimum Gasteiger partial charge on any atom is -0.508 e. The molecule has 1 aromatic heterocycles. The lowest BCUT2D eigenvalue weighted by molar-refractivity contribution is -0.139. The standard InChI is InChI=1S/C40H30Cl3F3N4O6/c1-18-6-11-22(15-27(18)42)49-35(52)24-13-12-23-25(31(24)37(49)54)16-26-36(53)50(48-34-28(43)14-20(17-47-34)40(44,45)46)38(55)39(26,19-7-9-21(41)10-8-19)33(23)32-29(51)4-3-5-30(32)56-2/h3-12,14-15,17,24-26,31,33,51H,13,16H2,1-2H3,(H,47,48)/t24-,25+,26-,31-,33+,39+/m0/s1. The average Bonchev–Trinajstić information content (AvgIpc) is 3.54. The van der Waals surface area contributed by atoms with Crippen molar-refractivity contribution in [3.05, 3.63) is 122 Å². The number of nitrogens with one attached hydrogen (secondary N) is 1. The molecule has 4 aliphatic rings. The number of phenols is 1. The van der Waals surface area contributed by atoms with E-state index in [1.165, 1.54) is 13.2 Å². The zero-order valence-corrected chi connectivity index (χ0v) is 31.7. The van der Waals surface area contributed by atoms with Gasteiger partial charge in [-0.15, -0.1) is 0 Å². The molecule has 4 aromatic rings. The Bertz CT molecular complexity index is 2390. The average molecular weight is 826 g/mol. The van der Waals surface area contributed by atoms with Gasteiger partial charge >= 0.3 is 6.18 Å². The van der Waals surface area contributed by atoms with Gasteiger partial charge in [0.15, 0.2) is 5.82 Å². The Morgan fingerprint density at radius 2 is 1.66 bits per heavy atom. The number of hydrogen-bond acceptors (Lipinski definition) is 8. The van der Waals surface area contributed by atoms with E-state index in [2.05, 4.69) is 10.4 Å². The van der Waals surface area contributed by atoms with Gasteiger partial charge in [0.1, 0.15) is 11.5 Å². The summed E-state index contributed by atoms with van der Waals surface area (Å²) in [7, 11) is 1.38. The molecule has 0 spiro atoms. The van der Waals surface area contributed by atoms with Crippen LogP contribution in [0.25, 0.3) is 0 Å². The van der Waals surface area contributed by atoms with Crippen LogP contribution in [-0.2, 0) is 30.8 Å². The third-order valence-electron chi connectivity index (χ3n) is 11.5. The van der Waals surface area contributed by atoms with Crippen LogP contribution in [0.15, 0.2) is 84.6 Å². The first kappa shape index (κ1) is 37.8. The number of alkyl halides is 3. The number of halogens is 6. The number of pyridine rings is 1. The normalized spacial score (nSPS) is 25.9. The molecule has 4 amide bonds. The first-order valence-electron chi connectivity index (χ1n) is 17.4. The van der Waals surface area contributed by atoms with Crippen molar-refractivity contribution in [3.8, 4) is 11.5 Å². The number of aromatic nitrogens is 1. The number of ether oxygens (including phenoxy) is 1. The molecule has 16 heteroatoms. The van der Waals surface area contributed by atoms with Gasteiger partial charge in [-0.3, -0.25) is 24.6 Å². The summed E-state index contributed by atoms with van der Waals surface area (Å²) in [4.78, 5) is 63.9. The lowest BCUT2D eigenvalue weighted by atomic mass is 9.49. The molecule has 2 N–H and O–H groups in total. The summed E-state index contributed by atoms with van der Waals surface area (Å²) in [6.45, 7) is 1.79. The van der Waals surface area contributed by atoms with Crippen LogP contribution in [0, 0.1) is 30.6 Å². The van der Waals surface area contributed by atoms with Crippen molar-refractivity contribution in [1.82, 2.24) is 9.99 Å². The van der Waals surface area contributed by atoms with Gasteiger partial charge in [-0.2, -0.15) is 18.2 Å². The number of imide groups is 2. The number of amides is 4. The molecule has 10 nitrogen and oxygen atoms in total. The molecular weight excluding hydrogens is 796 g/mol. The first-order valence-corrected chi connectivity index (χ1v) is 18.6. The van der Waals surface area contributed by atoms with Crippen molar-refractivity contribution in [2.24, 2.45) is 23.7 Å². The number of aromatic hydroxyl groups is 1. The molecule has 1 saturated carbocycles. The van der Waals surface area contributed by atoms with Crippen LogP contribution in [0.5, 0.6) is 11.5 Å². The topological polar surface area (TPSA) is 129 Å². The Morgan fingerprint density at radius 3 is 2.32 bits per heavy atom. The summed E-state index contributed by atoms with van der Waals surface area (Å²) >= 11 is 19.0. The van der Waals surface area contributed by atoms with Crippen LogP contribution in [0.3, 0.4) is 0 Å². The van der Waals surface area contributed by atoms with Gasteiger partial charge in [-0.25, -0.2) is 9.88 Å². The van der Waals surface area contributed by atoms with Gasteiger partial charge in [0.25, 0.3) is 11.8 Å². The van der Waals surface area contributed by atoms with Crippen LogP contribution >= 0.6 is 34.8 Å². The number of nitrogens with zero attached hydrogens (tertiary/aromatic N) is 3. The van der Waals surface area contributed by atoms with Crippen molar-refractivity contribution in [3.63, 3.8) is 0 Å². The second-order valence-electron chi connectivity index (χ2n) is 14.3. The van der Waals surface area contributed by atoms with Crippen molar-refractivity contribution >= 4 is 69.9 Å². The molecule has 3 aromatic carbocycles. The predicted molar refractivity (Wildman–Crippen MR) is 200 cm³/mol. The summed E-state index contributed by atoms with van der Waals surface area (Å²) < 4.78 is 46.3. The summed E-state index contributed by atoms with van der Waals surface area (Å²) in [6.07, 6.45) is -2.46. The van der Waals surface area contributed by atoms with Crippen LogP contribution in [-0.4, -0.2) is 45.8 Å². The number of phenolic OH excluding ortho intramolecular Hbond substituents is 1. The number of hydrazine groups is 1. The zero-order chi connectivity index (χ0) is 40.0. The van der Waals surface area contributed by atoms with Gasteiger partial charge in [-0.1, -0.05) is 70.7 Å². The number of rotatable bonds is 6. The molecule has 3 fully saturated rings. The maximum atomic E-state index is 15.4. The third kappa shape index (κ3) is 5.57. The Hall–Kier alpha value is -5.11. The highest BCUT2D eigenvalue weighted by molar-refractivity contribution is 6.33. The number of benzene rings is 3. The Labute approximate surface area is 332 Å². The van der Waals surface area contributed by atoms with E-state index in [-0.39, 0.29) is 29.9 Å². The van der Waals surface area contributed by atoms with Crippen molar-refractivity contribution in [2.45, 2.75) is 37.3 Å². The maximum absolute atomic E-state index is 15.4. The van der Waals surface area contributed by atoms with E-state index < -0.39 is 81.2 Å². The number of anilines is 2. The Balaban J connectivity index is 1.33. The number of aryl methyl sites for hydroxylation is 1. The van der Waals surface area contributed by atoms with Crippen molar-refractivity contribution in [1.29, 1.82) is 0 Å². The SMILES string of the molecule is COc1cccc(O)c1[C@H]1C2=CC[C@@H]3C(=O)N(c4ccc(C)c(Cl)c4)C(=O)[C@@H]3[C@@H]2C[C@H]2C(=O)N(Nc3ncc(C(F)(F)F)cc3Cl)C(=O)[C@@]12c1ccc(Cl)cc1. The molecule has 0 bridgehead atoms. The molecule has 2 saturated heterocycles. The quantitative estimate of drug-likeness (QED) is 0.147. The van der Waals surface area contributed by atoms with Crippen molar-refractivity contribution in [2.75, 3.05) is 17.4 Å². The molecule has 0 unspecified atom stereocenters. The highest BCUT2D eigenvalue weighted by Gasteiger charge is 2.71. The fourth-order valence-electron chi connectivity index (χ4n) is 9.07. The number of hydrogen-bond donors (Lipinski definition) is 2. The largest absolute Gasteiger partial charge is 0.508 e. The highest BCUT2D eigenvalue weighted by atomic mass is 35.5. The summed E-state index contributed by atoms with van der Waals surface area (Å²) in [5, 5.41) is 12.5. The second kappa shape index (κ2) is 13.5. The van der Waals surface area contributed by atoms with Crippen LogP contribution < -0.4 is 15.1 Å². The molecule has 56 heavy (non-hydrogen) atoms. The molecule has 8 rings (SSSR count). The monoisotopic (exact) mass is 824 g/mol. The van der Waals surface area contributed by atoms with Gasteiger partial charge in [-0.05, 0) is 79.3 Å². The molecule has 2 aliphatic carbocycles. The smallest absolute Gasteiger partial charge is 0.417 e. The van der Waals surface area contributed by atoms with Gasteiger partial charge in [0.05, 0.1) is 46.6 Å². The predicted octanol–water partition coefficient (Wildman–Crippen LogP) is 8.27. The maximum Gasteiger partial charge on any atom is 0.417 e. The number of carbonyl (C=O) groups is 4. The van der Waals surface area contributed by atoms with E-state index >= 15 is 4.79 Å². The zero-order valence-electron chi connectivity index (χ0n) is 29.4. The fourth-order valence-corrected chi connectivity index (χ4v) is 9.58. The molecular formula is C40H30Cl3F3N4O6. The summed E-state index contributed by atoms with van der Waals surface area (Å²) in [5.74, 6) is -8.15. The number of fused-ring (bicyclic) bond motifs is 4. The Morgan fingerprint density at radius 1 is 0.929 bits per heavy atom. The van der Waals surface area contributed by atoms with Gasteiger partial charge in [0, 0.05) is 27.7 Å². The van der Waals surface area contributed by atoms with E-state index in [9.17, 15) is 32.7 Å². The fraction of sp³-hybridized carbons (Fsp3) is 0.275. The van der Waals surface area contributed by atoms with Crippen LogP contribution in [0.4, 0.5) is 24.7 Å². The minimum absolute atomic E-state index is 0.0973. The van der Waals surface area contributed by atoms with Crippen LogP contribution in [0.1, 0.15) is 41.0 Å². The molecule has 3 heterocycles. The van der Waals surface area contributed by atoms with E-state index in [0.29, 0.717) is 44.1 Å². The van der Waals surface area contributed by atoms with Crippen molar-refractivity contribution < 1.29 is 42.2 Å².